The van der Waals surface area contributed by atoms with Gasteiger partial charge >= 0.3 is 5.97 Å². The van der Waals surface area contributed by atoms with Crippen LogP contribution in [0.1, 0.15) is 277 Å². The average Bonchev–Trinajstić information content (AvgIpc) is 3.39. The van der Waals surface area contributed by atoms with Crippen molar-refractivity contribution in [3.05, 3.63) is 60.8 Å². The van der Waals surface area contributed by atoms with Crippen LogP contribution in [-0.2, 0) is 23.7 Å². The number of allylic oxidation sites excluding steroid dienone is 10. The van der Waals surface area contributed by atoms with Gasteiger partial charge in [0.1, 0.15) is 30.5 Å². The molecule has 73 heavy (non-hydrogen) atoms. The van der Waals surface area contributed by atoms with Crippen LogP contribution in [0.3, 0.4) is 0 Å². The number of hydrogen-bond donors (Lipinski definition) is 4. The summed E-state index contributed by atoms with van der Waals surface area (Å²) in [5, 5.41) is 40.4. The molecule has 0 aliphatic carbocycles. The lowest BCUT2D eigenvalue weighted by Gasteiger charge is -2.39. The van der Waals surface area contributed by atoms with E-state index in [2.05, 4.69) is 74.6 Å². The van der Waals surface area contributed by atoms with Gasteiger partial charge in [0.25, 0.3) is 0 Å². The fourth-order valence-electron chi connectivity index (χ4n) is 9.46. The van der Waals surface area contributed by atoms with Gasteiger partial charge in [-0.2, -0.15) is 0 Å². The summed E-state index contributed by atoms with van der Waals surface area (Å²) in [5.74, 6) is -0.316. The lowest BCUT2D eigenvalue weighted by atomic mass is 9.99. The Morgan fingerprint density at radius 1 is 0.452 bits per heavy atom. The van der Waals surface area contributed by atoms with Crippen LogP contribution in [0.2, 0.25) is 0 Å². The van der Waals surface area contributed by atoms with Gasteiger partial charge in [0.05, 0.1) is 19.8 Å². The molecular formula is C64H116O9. The number of carbonyl (C=O) groups excluding carboxylic acids is 1. The molecule has 1 heterocycles. The number of unbranched alkanes of at least 4 members (excludes halogenated alkanes) is 33. The molecule has 1 rings (SSSR count). The van der Waals surface area contributed by atoms with Gasteiger partial charge in [0.15, 0.2) is 6.29 Å². The summed E-state index contributed by atoms with van der Waals surface area (Å²) in [6.07, 6.45) is 65.6. The van der Waals surface area contributed by atoms with Crippen molar-refractivity contribution in [3.8, 4) is 0 Å². The molecule has 1 aliphatic heterocycles. The summed E-state index contributed by atoms with van der Waals surface area (Å²) < 4.78 is 23.0. The molecule has 1 fully saturated rings. The minimum atomic E-state index is -1.54. The summed E-state index contributed by atoms with van der Waals surface area (Å²) >= 11 is 0. The highest BCUT2D eigenvalue weighted by Gasteiger charge is 2.44. The standard InChI is InChI=1S/C64H116O9/c1-3-5-7-9-11-13-15-17-19-21-23-25-27-29-31-33-35-37-39-41-43-45-47-49-51-53-60(66)72-58(57-71-64-63(69)62(68)61(67)59(55-65)73-64)56-70-54-52-50-48-46-44-42-40-38-36-34-32-30-28-26-24-22-20-18-16-14-12-10-8-6-4-2/h5,7,11,13,17,19,23,25,29,31,58-59,61-65,67-69H,3-4,6,8-10,12,14-16,18,20-22,24,26-28,30,32-57H2,1-2H3/b7-5-,13-11-,19-17-,25-23-,31-29-. The molecule has 6 atom stereocenters. The molecule has 1 aliphatic rings. The Labute approximate surface area is 449 Å². The van der Waals surface area contributed by atoms with E-state index in [1.807, 2.05) is 0 Å². The molecule has 0 aromatic heterocycles. The average molecular weight is 1030 g/mol. The van der Waals surface area contributed by atoms with Crippen molar-refractivity contribution in [1.82, 2.24) is 0 Å². The Morgan fingerprint density at radius 3 is 1.26 bits per heavy atom. The molecule has 0 aromatic rings. The van der Waals surface area contributed by atoms with Crippen molar-refractivity contribution < 1.29 is 44.2 Å². The second-order valence-electron chi connectivity index (χ2n) is 21.1. The number of esters is 1. The van der Waals surface area contributed by atoms with Crippen molar-refractivity contribution >= 4 is 5.97 Å². The Balaban J connectivity index is 2.13. The summed E-state index contributed by atoms with van der Waals surface area (Å²) in [7, 11) is 0. The first-order valence-electron chi connectivity index (χ1n) is 30.9. The van der Waals surface area contributed by atoms with Crippen LogP contribution < -0.4 is 0 Å². The molecule has 6 unspecified atom stereocenters. The Kier molecular flexibility index (Phi) is 51.6. The molecule has 0 saturated carbocycles. The predicted molar refractivity (Wildman–Crippen MR) is 307 cm³/mol. The van der Waals surface area contributed by atoms with Crippen molar-refractivity contribution in [2.24, 2.45) is 0 Å². The van der Waals surface area contributed by atoms with E-state index in [0.717, 1.165) is 70.6 Å². The molecule has 426 valence electrons. The first-order chi connectivity index (χ1) is 35.9. The Bertz CT molecular complexity index is 1310. The van der Waals surface area contributed by atoms with Crippen LogP contribution in [-0.4, -0.2) is 89.6 Å². The smallest absolute Gasteiger partial charge is 0.306 e. The quantitative estimate of drug-likeness (QED) is 0.0267. The van der Waals surface area contributed by atoms with E-state index in [0.29, 0.717) is 13.0 Å². The Hall–Kier alpha value is -2.11. The van der Waals surface area contributed by atoms with Crippen LogP contribution >= 0.6 is 0 Å². The largest absolute Gasteiger partial charge is 0.457 e. The topological polar surface area (TPSA) is 135 Å². The molecular weight excluding hydrogens is 913 g/mol. The van der Waals surface area contributed by atoms with E-state index in [4.69, 9.17) is 18.9 Å². The maximum absolute atomic E-state index is 12.9. The molecule has 0 amide bonds. The van der Waals surface area contributed by atoms with Gasteiger partial charge in [-0.25, -0.2) is 0 Å². The molecule has 1 saturated heterocycles. The van der Waals surface area contributed by atoms with Gasteiger partial charge < -0.3 is 39.4 Å². The van der Waals surface area contributed by atoms with E-state index in [1.165, 1.54) is 186 Å². The SMILES string of the molecule is CC/C=C\C/C=C\C/C=C\C/C=C\C/C=C\CCCCCCCCCCCC(=O)OC(COCCCCCCCCCCCCCCCCCCCCCCCCCCC)COC1OC(CO)C(O)C(O)C1O. The number of carbonyl (C=O) groups is 1. The number of ether oxygens (including phenoxy) is 4. The third-order valence-corrected chi connectivity index (χ3v) is 14.2. The molecule has 4 N–H and O–H groups in total. The third-order valence-electron chi connectivity index (χ3n) is 14.2. The van der Waals surface area contributed by atoms with Crippen LogP contribution in [0.5, 0.6) is 0 Å². The summed E-state index contributed by atoms with van der Waals surface area (Å²) in [5.41, 5.74) is 0. The van der Waals surface area contributed by atoms with Gasteiger partial charge in [-0.3, -0.25) is 4.79 Å². The number of aliphatic hydroxyl groups excluding tert-OH is 4. The van der Waals surface area contributed by atoms with Crippen molar-refractivity contribution in [1.29, 1.82) is 0 Å². The van der Waals surface area contributed by atoms with Crippen LogP contribution in [0, 0.1) is 0 Å². The van der Waals surface area contributed by atoms with Crippen molar-refractivity contribution in [3.63, 3.8) is 0 Å². The molecule has 0 bridgehead atoms. The Morgan fingerprint density at radius 2 is 0.836 bits per heavy atom. The maximum Gasteiger partial charge on any atom is 0.306 e. The van der Waals surface area contributed by atoms with Crippen LogP contribution in [0.25, 0.3) is 0 Å². The van der Waals surface area contributed by atoms with E-state index < -0.39 is 43.4 Å². The van der Waals surface area contributed by atoms with E-state index in [1.54, 1.807) is 0 Å². The fourth-order valence-corrected chi connectivity index (χ4v) is 9.46. The lowest BCUT2D eigenvalue weighted by Crippen LogP contribution is -2.59. The summed E-state index contributed by atoms with van der Waals surface area (Å²) in [6, 6.07) is 0. The van der Waals surface area contributed by atoms with Crippen molar-refractivity contribution in [2.45, 2.75) is 314 Å². The second kappa shape index (κ2) is 54.7. The molecule has 9 nitrogen and oxygen atoms in total. The third kappa shape index (κ3) is 44.7. The monoisotopic (exact) mass is 1030 g/mol. The summed E-state index contributed by atoms with van der Waals surface area (Å²) in [6.45, 7) is 4.49. The fraction of sp³-hybridized carbons (Fsp3) is 0.828. The zero-order valence-corrected chi connectivity index (χ0v) is 47.4. The predicted octanol–water partition coefficient (Wildman–Crippen LogP) is 16.5. The second-order valence-corrected chi connectivity index (χ2v) is 21.1. The highest BCUT2D eigenvalue weighted by molar-refractivity contribution is 5.69. The van der Waals surface area contributed by atoms with E-state index in [-0.39, 0.29) is 19.2 Å². The zero-order chi connectivity index (χ0) is 52.8. The number of hydrogen-bond acceptors (Lipinski definition) is 9. The number of aliphatic hydroxyl groups is 4. The lowest BCUT2D eigenvalue weighted by molar-refractivity contribution is -0.305. The van der Waals surface area contributed by atoms with Crippen LogP contribution in [0.15, 0.2) is 60.8 Å². The van der Waals surface area contributed by atoms with Gasteiger partial charge in [0.2, 0.25) is 0 Å². The van der Waals surface area contributed by atoms with Crippen molar-refractivity contribution in [2.75, 3.05) is 26.4 Å². The van der Waals surface area contributed by atoms with Crippen LogP contribution in [0.4, 0.5) is 0 Å². The van der Waals surface area contributed by atoms with Gasteiger partial charge in [-0.1, -0.05) is 274 Å². The van der Waals surface area contributed by atoms with E-state index >= 15 is 0 Å². The first-order valence-corrected chi connectivity index (χ1v) is 30.9. The first kappa shape index (κ1) is 68.9. The van der Waals surface area contributed by atoms with Gasteiger partial charge in [-0.05, 0) is 57.8 Å². The highest BCUT2D eigenvalue weighted by Crippen LogP contribution is 2.23. The molecule has 9 heteroatoms. The molecule has 0 aromatic carbocycles. The number of rotatable bonds is 54. The van der Waals surface area contributed by atoms with E-state index in [9.17, 15) is 25.2 Å². The zero-order valence-electron chi connectivity index (χ0n) is 47.4. The normalized spacial score (nSPS) is 19.0. The van der Waals surface area contributed by atoms with Gasteiger partial charge in [-0.15, -0.1) is 0 Å². The minimum Gasteiger partial charge on any atom is -0.457 e. The summed E-state index contributed by atoms with van der Waals surface area (Å²) in [4.78, 5) is 12.9. The molecule has 0 spiro atoms. The molecule has 0 radical (unpaired) electrons. The maximum atomic E-state index is 12.9. The minimum absolute atomic E-state index is 0.115. The van der Waals surface area contributed by atoms with Gasteiger partial charge in [0, 0.05) is 13.0 Å². The highest BCUT2D eigenvalue weighted by atomic mass is 16.7.